The number of piperidine rings is 1. The summed E-state index contributed by atoms with van der Waals surface area (Å²) >= 11 is 0. The molecule has 2 aliphatic heterocycles. The van der Waals surface area contributed by atoms with Gasteiger partial charge >= 0.3 is 0 Å². The minimum Gasteiger partial charge on any atom is -0.392 e. The molecule has 1 atom stereocenters. The molecule has 0 spiro atoms. The standard InChI is InChI=1S/C25H33N7O2/c1-15(2)18-10-28-23(32-12-16(33)13-32)19-11-27-22(9-17(18)19)29-21-5-7-26-24(30-21)31-8-6-20(34)25(3,4)14-31/h5,7,9-11,15-16,20,33-34H,6,8,12-14H2,1-4H3,(H,26,27,29,30). The van der Waals surface area contributed by atoms with Crippen molar-refractivity contribution >= 4 is 34.2 Å². The summed E-state index contributed by atoms with van der Waals surface area (Å²) in [6.45, 7) is 11.1. The Kier molecular flexibility index (Phi) is 5.77. The molecule has 180 valence electrons. The van der Waals surface area contributed by atoms with E-state index in [1.54, 1.807) is 6.20 Å². The van der Waals surface area contributed by atoms with Crippen molar-refractivity contribution in [1.82, 2.24) is 19.9 Å². The molecule has 5 rings (SSSR count). The maximum absolute atomic E-state index is 10.3. The highest BCUT2D eigenvalue weighted by molar-refractivity contribution is 5.96. The number of β-amino-alcohol motifs (C(OH)–C–C–N with tert-alkyl or cyclic N) is 1. The van der Waals surface area contributed by atoms with Gasteiger partial charge in [-0.25, -0.2) is 15.0 Å². The van der Waals surface area contributed by atoms with E-state index in [-0.39, 0.29) is 17.6 Å². The highest BCUT2D eigenvalue weighted by Crippen LogP contribution is 2.34. The van der Waals surface area contributed by atoms with Gasteiger partial charge in [0.05, 0.1) is 12.2 Å². The fraction of sp³-hybridized carbons (Fsp3) is 0.520. The average molecular weight is 464 g/mol. The molecule has 1 unspecified atom stereocenters. The van der Waals surface area contributed by atoms with E-state index in [4.69, 9.17) is 4.98 Å². The Morgan fingerprint density at radius 2 is 1.82 bits per heavy atom. The molecule has 0 radical (unpaired) electrons. The first-order valence-corrected chi connectivity index (χ1v) is 12.0. The third kappa shape index (κ3) is 4.25. The molecular formula is C25H33N7O2. The van der Waals surface area contributed by atoms with Crippen LogP contribution in [0.5, 0.6) is 0 Å². The molecule has 0 amide bonds. The largest absolute Gasteiger partial charge is 0.392 e. The molecule has 2 saturated heterocycles. The molecule has 3 aromatic heterocycles. The molecular weight excluding hydrogens is 430 g/mol. The van der Waals surface area contributed by atoms with Crippen LogP contribution in [0.1, 0.15) is 45.6 Å². The van der Waals surface area contributed by atoms with Crippen LogP contribution in [0.3, 0.4) is 0 Å². The second-order valence-corrected chi connectivity index (χ2v) is 10.4. The Morgan fingerprint density at radius 1 is 1.03 bits per heavy atom. The lowest BCUT2D eigenvalue weighted by molar-refractivity contribution is 0.0332. The Morgan fingerprint density at radius 3 is 2.53 bits per heavy atom. The summed E-state index contributed by atoms with van der Waals surface area (Å²) in [5.74, 6) is 3.20. The van der Waals surface area contributed by atoms with E-state index in [0.717, 1.165) is 28.7 Å². The molecule has 34 heavy (non-hydrogen) atoms. The summed E-state index contributed by atoms with van der Waals surface area (Å²) in [5, 5.41) is 25.4. The SMILES string of the molecule is CC(C)c1cnc(N2CC(O)C2)c2cnc(Nc3ccnc(N4CCC(O)C(C)(C)C4)n3)cc12. The minimum atomic E-state index is -0.319. The van der Waals surface area contributed by atoms with E-state index in [2.05, 4.69) is 57.8 Å². The maximum Gasteiger partial charge on any atom is 0.227 e. The third-order valence-electron chi connectivity index (χ3n) is 6.92. The van der Waals surface area contributed by atoms with Crippen LogP contribution >= 0.6 is 0 Å². The van der Waals surface area contributed by atoms with E-state index in [0.29, 0.717) is 49.6 Å². The highest BCUT2D eigenvalue weighted by Gasteiger charge is 2.35. The monoisotopic (exact) mass is 463 g/mol. The summed E-state index contributed by atoms with van der Waals surface area (Å²) in [6.07, 6.45) is 5.62. The predicted octanol–water partition coefficient (Wildman–Crippen LogP) is 3.06. The average Bonchev–Trinajstić information content (AvgIpc) is 2.78. The summed E-state index contributed by atoms with van der Waals surface area (Å²) in [5.41, 5.74) is 0.943. The van der Waals surface area contributed by atoms with Gasteiger partial charge in [0, 0.05) is 55.6 Å². The number of anilines is 4. The van der Waals surface area contributed by atoms with Crippen LogP contribution in [-0.2, 0) is 0 Å². The summed E-state index contributed by atoms with van der Waals surface area (Å²) in [4.78, 5) is 22.8. The topological polar surface area (TPSA) is 111 Å². The van der Waals surface area contributed by atoms with Gasteiger partial charge in [-0.15, -0.1) is 0 Å². The van der Waals surface area contributed by atoms with Gasteiger partial charge in [0.15, 0.2) is 0 Å². The van der Waals surface area contributed by atoms with Gasteiger partial charge in [0.2, 0.25) is 5.95 Å². The van der Waals surface area contributed by atoms with Crippen molar-refractivity contribution in [2.45, 2.75) is 52.2 Å². The van der Waals surface area contributed by atoms with Gasteiger partial charge in [-0.2, -0.15) is 4.98 Å². The molecule has 9 nitrogen and oxygen atoms in total. The third-order valence-corrected chi connectivity index (χ3v) is 6.92. The number of fused-ring (bicyclic) bond motifs is 1. The van der Waals surface area contributed by atoms with E-state index in [1.165, 1.54) is 0 Å². The Hall–Kier alpha value is -3.04. The lowest BCUT2D eigenvalue weighted by atomic mass is 9.81. The first-order valence-electron chi connectivity index (χ1n) is 12.0. The molecule has 0 aromatic carbocycles. The quantitative estimate of drug-likeness (QED) is 0.526. The van der Waals surface area contributed by atoms with Crippen molar-refractivity contribution in [3.63, 3.8) is 0 Å². The normalized spacial score (nSPS) is 20.6. The van der Waals surface area contributed by atoms with Crippen LogP contribution in [0.25, 0.3) is 10.8 Å². The van der Waals surface area contributed by atoms with Crippen LogP contribution in [0.2, 0.25) is 0 Å². The van der Waals surface area contributed by atoms with Gasteiger partial charge in [0.25, 0.3) is 0 Å². The molecule has 0 bridgehead atoms. The second-order valence-electron chi connectivity index (χ2n) is 10.4. The minimum absolute atomic E-state index is 0.212. The van der Waals surface area contributed by atoms with Gasteiger partial charge in [-0.05, 0) is 35.4 Å². The Balaban J connectivity index is 1.43. The van der Waals surface area contributed by atoms with Crippen molar-refractivity contribution in [3.05, 3.63) is 36.3 Å². The van der Waals surface area contributed by atoms with Gasteiger partial charge < -0.3 is 25.3 Å². The first kappa shape index (κ1) is 22.7. The molecule has 9 heteroatoms. The molecule has 3 aromatic rings. The number of aromatic nitrogens is 4. The van der Waals surface area contributed by atoms with Crippen molar-refractivity contribution in [1.29, 1.82) is 0 Å². The molecule has 5 heterocycles. The van der Waals surface area contributed by atoms with E-state index < -0.39 is 0 Å². The first-order chi connectivity index (χ1) is 16.2. The molecule has 3 N–H and O–H groups in total. The van der Waals surface area contributed by atoms with Crippen LogP contribution in [-0.4, -0.2) is 68.5 Å². The molecule has 2 fully saturated rings. The van der Waals surface area contributed by atoms with E-state index in [9.17, 15) is 10.2 Å². The van der Waals surface area contributed by atoms with Crippen LogP contribution < -0.4 is 15.1 Å². The summed E-state index contributed by atoms with van der Waals surface area (Å²) in [6, 6.07) is 3.89. The smallest absolute Gasteiger partial charge is 0.227 e. The number of hydrogen-bond donors (Lipinski definition) is 3. The highest BCUT2D eigenvalue weighted by atomic mass is 16.3. The van der Waals surface area contributed by atoms with Gasteiger partial charge in [-0.3, -0.25) is 0 Å². The summed E-state index contributed by atoms with van der Waals surface area (Å²) < 4.78 is 0. The van der Waals surface area contributed by atoms with Crippen LogP contribution in [0, 0.1) is 5.41 Å². The number of nitrogens with zero attached hydrogens (tertiary/aromatic N) is 6. The molecule has 2 aliphatic rings. The van der Waals surface area contributed by atoms with Crippen molar-refractivity contribution < 1.29 is 10.2 Å². The second kappa shape index (κ2) is 8.63. The number of nitrogens with one attached hydrogen (secondary N) is 1. The number of rotatable bonds is 5. The zero-order chi connectivity index (χ0) is 24.0. The van der Waals surface area contributed by atoms with E-state index >= 15 is 0 Å². The van der Waals surface area contributed by atoms with Gasteiger partial charge in [-0.1, -0.05) is 27.7 Å². The fourth-order valence-corrected chi connectivity index (χ4v) is 4.77. The van der Waals surface area contributed by atoms with Crippen LogP contribution in [0.4, 0.5) is 23.4 Å². The van der Waals surface area contributed by atoms with E-state index in [1.807, 2.05) is 24.5 Å². The predicted molar refractivity (Wildman–Crippen MR) is 134 cm³/mol. The number of pyridine rings is 2. The van der Waals surface area contributed by atoms with Crippen molar-refractivity contribution in [2.24, 2.45) is 5.41 Å². The number of hydrogen-bond acceptors (Lipinski definition) is 9. The zero-order valence-corrected chi connectivity index (χ0v) is 20.2. The van der Waals surface area contributed by atoms with Crippen molar-refractivity contribution in [2.75, 3.05) is 41.3 Å². The lowest BCUT2D eigenvalue weighted by Gasteiger charge is -2.41. The van der Waals surface area contributed by atoms with Crippen molar-refractivity contribution in [3.8, 4) is 0 Å². The zero-order valence-electron chi connectivity index (χ0n) is 20.2. The number of aliphatic hydroxyl groups excluding tert-OH is 2. The maximum atomic E-state index is 10.3. The lowest BCUT2D eigenvalue weighted by Crippen LogP contribution is -2.51. The Bertz CT molecular complexity index is 1190. The van der Waals surface area contributed by atoms with Crippen LogP contribution in [0.15, 0.2) is 30.7 Å². The molecule has 0 saturated carbocycles. The number of aliphatic hydroxyl groups is 2. The Labute approximate surface area is 199 Å². The molecule has 0 aliphatic carbocycles. The summed E-state index contributed by atoms with van der Waals surface area (Å²) in [7, 11) is 0. The van der Waals surface area contributed by atoms with Gasteiger partial charge in [0.1, 0.15) is 17.5 Å². The fourth-order valence-electron chi connectivity index (χ4n) is 4.77.